The summed E-state index contributed by atoms with van der Waals surface area (Å²) in [7, 11) is -2.56. The van der Waals surface area contributed by atoms with E-state index in [0.29, 0.717) is 6.73 Å². The maximum atomic E-state index is 6.37. The number of rotatable bonds is 4. The Bertz CT molecular complexity index is 1090. The molecule has 146 valence electrons. The van der Waals surface area contributed by atoms with Crippen LogP contribution in [-0.4, -0.2) is 25.4 Å². The van der Waals surface area contributed by atoms with Gasteiger partial charge in [-0.15, -0.1) is 0 Å². The highest BCUT2D eigenvalue weighted by atomic mass is 28.3. The van der Waals surface area contributed by atoms with E-state index in [9.17, 15) is 0 Å². The van der Waals surface area contributed by atoms with Gasteiger partial charge in [-0.3, -0.25) is 4.24 Å². The van der Waals surface area contributed by atoms with E-state index < -0.39 is 8.24 Å². The Balaban J connectivity index is 1.86. The van der Waals surface area contributed by atoms with Crippen molar-refractivity contribution in [3.63, 3.8) is 0 Å². The van der Waals surface area contributed by atoms with Gasteiger partial charge < -0.3 is 4.74 Å². The fourth-order valence-corrected chi connectivity index (χ4v) is 9.15. The minimum absolute atomic E-state index is 0.531. The molecule has 0 aromatic heterocycles. The molecule has 5 rings (SSSR count). The largest absolute Gasteiger partial charge is 0.459 e. The number of para-hydroxylation sites is 1. The standard InChI is InChI=1S/C27H24NOSi/c1-22-12-11-13-23-20-28(21-29-27(22)23)30(24-14-5-2-6-15-24,25-16-7-3-8-17-25)26-18-9-4-10-19-26/h2-20H,21H2,1H3/q+1. The van der Waals surface area contributed by atoms with E-state index in [0.717, 1.165) is 11.3 Å². The Kier molecular flexibility index (Phi) is 4.81. The summed E-state index contributed by atoms with van der Waals surface area (Å²) >= 11 is 0. The first-order valence-corrected chi connectivity index (χ1v) is 12.3. The zero-order valence-corrected chi connectivity index (χ0v) is 18.0. The molecule has 4 aromatic rings. The number of nitrogens with zero attached hydrogens (tertiary/aromatic N) is 1. The Hall–Kier alpha value is -3.43. The minimum atomic E-state index is -2.56. The highest BCUT2D eigenvalue weighted by Crippen LogP contribution is 2.25. The molecule has 1 aliphatic heterocycles. The summed E-state index contributed by atoms with van der Waals surface area (Å²) in [5.74, 6) is 0.992. The van der Waals surface area contributed by atoms with Crippen molar-refractivity contribution < 1.29 is 8.98 Å². The van der Waals surface area contributed by atoms with Crippen molar-refractivity contribution >= 4 is 30.0 Å². The van der Waals surface area contributed by atoms with E-state index in [2.05, 4.69) is 127 Å². The third kappa shape index (κ3) is 2.99. The molecule has 0 bridgehead atoms. The van der Waals surface area contributed by atoms with Crippen LogP contribution in [0.2, 0.25) is 0 Å². The Morgan fingerprint density at radius 2 is 1.13 bits per heavy atom. The van der Waals surface area contributed by atoms with Crippen LogP contribution in [0, 0.1) is 6.92 Å². The SMILES string of the molecule is Cc1cccc2c1OC[N+]([Si](c1ccccc1)(c1ccccc1)c1ccccc1)=C2. The van der Waals surface area contributed by atoms with Gasteiger partial charge in [0, 0.05) is 15.6 Å². The molecular formula is C27H24NOSi+. The van der Waals surface area contributed by atoms with Gasteiger partial charge in [-0.25, -0.2) is 0 Å². The Morgan fingerprint density at radius 1 is 0.633 bits per heavy atom. The molecule has 0 saturated heterocycles. The van der Waals surface area contributed by atoms with Crippen LogP contribution in [0.3, 0.4) is 0 Å². The van der Waals surface area contributed by atoms with E-state index in [1.54, 1.807) is 0 Å². The zero-order valence-electron chi connectivity index (χ0n) is 17.0. The van der Waals surface area contributed by atoms with E-state index in [1.807, 2.05) is 0 Å². The van der Waals surface area contributed by atoms with Crippen molar-refractivity contribution in [3.05, 3.63) is 120 Å². The summed E-state index contributed by atoms with van der Waals surface area (Å²) in [6.07, 6.45) is 2.31. The molecule has 2 nitrogen and oxygen atoms in total. The lowest BCUT2D eigenvalue weighted by atomic mass is 10.1. The molecule has 1 aliphatic rings. The molecule has 0 N–H and O–H groups in total. The third-order valence-electron chi connectivity index (χ3n) is 5.89. The fraction of sp³-hybridized carbons (Fsp3) is 0.0741. The summed E-state index contributed by atoms with van der Waals surface area (Å²) in [4.78, 5) is 0. The first kappa shape index (κ1) is 18.6. The molecule has 0 fully saturated rings. The summed E-state index contributed by atoms with van der Waals surface area (Å²) in [5.41, 5.74) is 2.32. The molecule has 0 saturated carbocycles. The molecule has 3 heteroatoms. The van der Waals surface area contributed by atoms with Crippen LogP contribution in [0.5, 0.6) is 5.75 Å². The lowest BCUT2D eigenvalue weighted by Gasteiger charge is -2.31. The molecule has 1 heterocycles. The topological polar surface area (TPSA) is 12.2 Å². The van der Waals surface area contributed by atoms with Gasteiger partial charge in [-0.05, 0) is 18.6 Å². The average molecular weight is 407 g/mol. The molecular weight excluding hydrogens is 382 g/mol. The quantitative estimate of drug-likeness (QED) is 0.374. The monoisotopic (exact) mass is 406 g/mol. The zero-order chi connectivity index (χ0) is 20.4. The van der Waals surface area contributed by atoms with Gasteiger partial charge in [0.05, 0.1) is 5.56 Å². The van der Waals surface area contributed by atoms with Crippen molar-refractivity contribution in [2.45, 2.75) is 6.92 Å². The first-order chi connectivity index (χ1) is 14.8. The second-order valence-electron chi connectivity index (χ2n) is 7.67. The Morgan fingerprint density at radius 3 is 1.63 bits per heavy atom. The summed E-state index contributed by atoms with van der Waals surface area (Å²) in [6.45, 7) is 2.64. The summed E-state index contributed by atoms with van der Waals surface area (Å²) < 4.78 is 8.83. The number of ether oxygens (including phenoxy) is 1. The predicted molar refractivity (Wildman–Crippen MR) is 126 cm³/mol. The predicted octanol–water partition coefficient (Wildman–Crippen LogP) is 3.44. The van der Waals surface area contributed by atoms with Gasteiger partial charge in [-0.1, -0.05) is 103 Å². The third-order valence-corrected chi connectivity index (χ3v) is 10.5. The summed E-state index contributed by atoms with van der Waals surface area (Å²) in [5, 5.41) is 4.04. The Labute approximate surface area is 178 Å². The molecule has 0 spiro atoms. The van der Waals surface area contributed by atoms with E-state index in [4.69, 9.17) is 4.74 Å². The van der Waals surface area contributed by atoms with Gasteiger partial charge >= 0.3 is 8.24 Å². The molecule has 30 heavy (non-hydrogen) atoms. The molecule has 0 radical (unpaired) electrons. The number of fused-ring (bicyclic) bond motifs is 1. The van der Waals surface area contributed by atoms with Crippen molar-refractivity contribution in [2.75, 3.05) is 6.73 Å². The normalized spacial score (nSPS) is 13.2. The maximum absolute atomic E-state index is 6.37. The van der Waals surface area contributed by atoms with Gasteiger partial charge in [0.1, 0.15) is 5.75 Å². The van der Waals surface area contributed by atoms with Crippen LogP contribution in [0.4, 0.5) is 0 Å². The van der Waals surface area contributed by atoms with Crippen LogP contribution < -0.4 is 20.3 Å². The molecule has 0 unspecified atom stereocenters. The minimum Gasteiger partial charge on any atom is -0.437 e. The van der Waals surface area contributed by atoms with Crippen LogP contribution in [0.15, 0.2) is 109 Å². The van der Waals surface area contributed by atoms with Crippen molar-refractivity contribution in [3.8, 4) is 5.75 Å². The number of benzene rings is 4. The van der Waals surface area contributed by atoms with Gasteiger partial charge in [0.25, 0.3) is 6.73 Å². The lowest BCUT2D eigenvalue weighted by Crippen LogP contribution is -2.75. The van der Waals surface area contributed by atoms with E-state index in [-0.39, 0.29) is 0 Å². The van der Waals surface area contributed by atoms with E-state index in [1.165, 1.54) is 21.1 Å². The van der Waals surface area contributed by atoms with Crippen molar-refractivity contribution in [2.24, 2.45) is 0 Å². The van der Waals surface area contributed by atoms with Gasteiger partial charge in [0.15, 0.2) is 6.21 Å². The number of hydrogen-bond donors (Lipinski definition) is 0. The van der Waals surface area contributed by atoms with Crippen LogP contribution >= 0.6 is 0 Å². The molecule has 0 aliphatic carbocycles. The second kappa shape index (κ2) is 7.77. The van der Waals surface area contributed by atoms with Gasteiger partial charge in [-0.2, -0.15) is 0 Å². The van der Waals surface area contributed by atoms with Crippen molar-refractivity contribution in [1.82, 2.24) is 0 Å². The molecule has 0 atom stereocenters. The van der Waals surface area contributed by atoms with Crippen molar-refractivity contribution in [1.29, 1.82) is 0 Å². The van der Waals surface area contributed by atoms with Crippen LogP contribution in [-0.2, 0) is 0 Å². The maximum Gasteiger partial charge on any atom is 0.459 e. The molecule has 4 aromatic carbocycles. The highest BCUT2D eigenvalue weighted by Gasteiger charge is 2.54. The number of hydrogen-bond acceptors (Lipinski definition) is 1. The molecule has 0 amide bonds. The second-order valence-corrected chi connectivity index (χ2v) is 11.4. The average Bonchev–Trinajstić information content (AvgIpc) is 2.82. The number of aryl methyl sites for hydroxylation is 1. The van der Waals surface area contributed by atoms with E-state index >= 15 is 0 Å². The van der Waals surface area contributed by atoms with Crippen LogP contribution in [0.1, 0.15) is 11.1 Å². The first-order valence-electron chi connectivity index (χ1n) is 10.3. The van der Waals surface area contributed by atoms with Gasteiger partial charge in [0.2, 0.25) is 0 Å². The smallest absolute Gasteiger partial charge is 0.437 e. The van der Waals surface area contributed by atoms with Crippen LogP contribution in [0.25, 0.3) is 0 Å². The lowest BCUT2D eigenvalue weighted by molar-refractivity contribution is -0.432. The highest BCUT2D eigenvalue weighted by molar-refractivity contribution is 7.06. The summed E-state index contributed by atoms with van der Waals surface area (Å²) in [6, 6.07) is 39.1. The fourth-order valence-electron chi connectivity index (χ4n) is 4.54.